The SMILES string of the molecule is Cc1cc(-c2nc(-c3cc(C)c(OC[C@@H](O)CCC(N)=O)c(C)c3)no2)cc(OC(C)C)n1. The second-order valence-electron chi connectivity index (χ2n) is 8.33. The molecule has 0 spiro atoms. The molecule has 3 N–H and O–H groups in total. The molecule has 0 unspecified atom stereocenters. The molecule has 9 heteroatoms. The molecule has 0 aliphatic rings. The van der Waals surface area contributed by atoms with E-state index in [2.05, 4.69) is 15.1 Å². The summed E-state index contributed by atoms with van der Waals surface area (Å²) >= 11 is 0. The molecular formula is C24H30N4O5. The Kier molecular flexibility index (Phi) is 7.65. The van der Waals surface area contributed by atoms with E-state index in [0.29, 0.717) is 23.3 Å². The highest BCUT2D eigenvalue weighted by atomic mass is 16.5. The summed E-state index contributed by atoms with van der Waals surface area (Å²) in [5, 5.41) is 14.1. The number of rotatable bonds is 10. The van der Waals surface area contributed by atoms with Crippen LogP contribution in [0, 0.1) is 20.8 Å². The standard InChI is InChI=1S/C24H30N4O5/c1-13(2)32-21-11-18(10-16(5)26-21)24-27-23(28-33-24)17-8-14(3)22(15(4)9-17)31-12-19(29)6-7-20(25)30/h8-11,13,19,29H,6-7,12H2,1-5H3,(H2,25,30)/t19-/m0/s1. The lowest BCUT2D eigenvalue weighted by molar-refractivity contribution is -0.118. The number of hydrogen-bond acceptors (Lipinski definition) is 8. The van der Waals surface area contributed by atoms with Gasteiger partial charge < -0.3 is 24.8 Å². The van der Waals surface area contributed by atoms with Crippen molar-refractivity contribution in [3.8, 4) is 34.5 Å². The Morgan fingerprint density at radius 3 is 2.42 bits per heavy atom. The fraction of sp³-hybridized carbons (Fsp3) is 0.417. The van der Waals surface area contributed by atoms with Gasteiger partial charge in [0.15, 0.2) is 0 Å². The summed E-state index contributed by atoms with van der Waals surface area (Å²) in [6.45, 7) is 9.64. The van der Waals surface area contributed by atoms with E-state index >= 15 is 0 Å². The highest BCUT2D eigenvalue weighted by Crippen LogP contribution is 2.31. The summed E-state index contributed by atoms with van der Waals surface area (Å²) in [7, 11) is 0. The van der Waals surface area contributed by atoms with Crippen molar-refractivity contribution in [2.45, 2.75) is 59.7 Å². The molecule has 3 aromatic rings. The zero-order chi connectivity index (χ0) is 24.1. The molecule has 1 aromatic carbocycles. The van der Waals surface area contributed by atoms with Crippen LogP contribution >= 0.6 is 0 Å². The first-order valence-corrected chi connectivity index (χ1v) is 10.8. The molecule has 1 atom stereocenters. The quantitative estimate of drug-likeness (QED) is 0.475. The summed E-state index contributed by atoms with van der Waals surface area (Å²) in [5.74, 6) is 1.55. The van der Waals surface area contributed by atoms with Crippen LogP contribution in [0.1, 0.15) is 43.5 Å². The van der Waals surface area contributed by atoms with Crippen LogP contribution in [0.25, 0.3) is 22.8 Å². The minimum atomic E-state index is -0.774. The minimum Gasteiger partial charge on any atom is -0.490 e. The number of aryl methyl sites for hydroxylation is 3. The van der Waals surface area contributed by atoms with Gasteiger partial charge in [-0.2, -0.15) is 4.98 Å². The number of primary amides is 1. The third kappa shape index (κ3) is 6.52. The number of nitrogens with zero attached hydrogens (tertiary/aromatic N) is 3. The molecule has 0 bridgehead atoms. The second-order valence-corrected chi connectivity index (χ2v) is 8.33. The fourth-order valence-electron chi connectivity index (χ4n) is 3.40. The Hall–Kier alpha value is -3.46. The molecular weight excluding hydrogens is 424 g/mol. The molecule has 0 aliphatic carbocycles. The second kappa shape index (κ2) is 10.4. The Balaban J connectivity index is 1.78. The maximum absolute atomic E-state index is 10.9. The average molecular weight is 455 g/mol. The molecule has 33 heavy (non-hydrogen) atoms. The van der Waals surface area contributed by atoms with E-state index in [9.17, 15) is 9.90 Å². The van der Waals surface area contributed by atoms with Crippen LogP contribution < -0.4 is 15.2 Å². The minimum absolute atomic E-state index is 0.00125. The zero-order valence-corrected chi connectivity index (χ0v) is 19.6. The lowest BCUT2D eigenvalue weighted by atomic mass is 10.1. The van der Waals surface area contributed by atoms with Crippen LogP contribution in [-0.2, 0) is 4.79 Å². The van der Waals surface area contributed by atoms with E-state index in [1.54, 1.807) is 6.07 Å². The number of carbonyl (C=O) groups excluding carboxylic acids is 1. The van der Waals surface area contributed by atoms with Crippen molar-refractivity contribution in [2.75, 3.05) is 6.61 Å². The van der Waals surface area contributed by atoms with Crippen LogP contribution in [0.4, 0.5) is 0 Å². The van der Waals surface area contributed by atoms with Gasteiger partial charge in [-0.15, -0.1) is 0 Å². The molecule has 0 fully saturated rings. The summed E-state index contributed by atoms with van der Waals surface area (Å²) < 4.78 is 17.0. The van der Waals surface area contributed by atoms with Crippen LogP contribution in [0.3, 0.4) is 0 Å². The van der Waals surface area contributed by atoms with Crippen molar-refractivity contribution in [3.05, 3.63) is 41.1 Å². The molecule has 3 rings (SSSR count). The summed E-state index contributed by atoms with van der Waals surface area (Å²) in [4.78, 5) is 19.8. The first-order valence-electron chi connectivity index (χ1n) is 10.8. The van der Waals surface area contributed by atoms with Gasteiger partial charge in [-0.1, -0.05) is 5.16 Å². The molecule has 0 aliphatic heterocycles. The molecule has 2 aromatic heterocycles. The molecule has 9 nitrogen and oxygen atoms in total. The molecule has 2 heterocycles. The predicted octanol–water partition coefficient (Wildman–Crippen LogP) is 3.52. The Morgan fingerprint density at radius 1 is 1.09 bits per heavy atom. The van der Waals surface area contributed by atoms with Crippen LogP contribution in [-0.4, -0.2) is 45.0 Å². The number of amides is 1. The van der Waals surface area contributed by atoms with Crippen molar-refractivity contribution in [3.63, 3.8) is 0 Å². The predicted molar refractivity (Wildman–Crippen MR) is 123 cm³/mol. The Bertz CT molecular complexity index is 1100. The van der Waals surface area contributed by atoms with Crippen molar-refractivity contribution in [2.24, 2.45) is 5.73 Å². The topological polar surface area (TPSA) is 134 Å². The third-order valence-corrected chi connectivity index (χ3v) is 4.82. The average Bonchev–Trinajstić information content (AvgIpc) is 3.21. The van der Waals surface area contributed by atoms with Gasteiger partial charge in [0.1, 0.15) is 12.4 Å². The summed E-state index contributed by atoms with van der Waals surface area (Å²) in [5.41, 5.74) is 9.16. The number of pyridine rings is 1. The normalized spacial score (nSPS) is 12.1. The number of aromatic nitrogens is 3. The highest BCUT2D eigenvalue weighted by Gasteiger charge is 2.16. The van der Waals surface area contributed by atoms with E-state index in [-0.39, 0.29) is 25.6 Å². The van der Waals surface area contributed by atoms with Gasteiger partial charge in [0.05, 0.1) is 12.2 Å². The Labute approximate surface area is 192 Å². The lowest BCUT2D eigenvalue weighted by Gasteiger charge is -2.16. The van der Waals surface area contributed by atoms with Gasteiger partial charge in [-0.25, -0.2) is 4.98 Å². The van der Waals surface area contributed by atoms with E-state index in [1.165, 1.54) is 0 Å². The number of ether oxygens (including phenoxy) is 2. The number of aliphatic hydroxyl groups excluding tert-OH is 1. The van der Waals surface area contributed by atoms with E-state index in [4.69, 9.17) is 19.7 Å². The first-order chi connectivity index (χ1) is 15.6. The maximum atomic E-state index is 10.9. The summed E-state index contributed by atoms with van der Waals surface area (Å²) in [6, 6.07) is 7.44. The highest BCUT2D eigenvalue weighted by molar-refractivity contribution is 5.73. The van der Waals surface area contributed by atoms with Crippen LogP contribution in [0.15, 0.2) is 28.8 Å². The van der Waals surface area contributed by atoms with Crippen LogP contribution in [0.5, 0.6) is 11.6 Å². The third-order valence-electron chi connectivity index (χ3n) is 4.82. The number of benzene rings is 1. The van der Waals surface area contributed by atoms with Crippen molar-refractivity contribution in [1.29, 1.82) is 0 Å². The first kappa shape index (κ1) is 24.2. The molecule has 176 valence electrons. The zero-order valence-electron chi connectivity index (χ0n) is 19.6. The van der Waals surface area contributed by atoms with Crippen molar-refractivity contribution in [1.82, 2.24) is 15.1 Å². The van der Waals surface area contributed by atoms with E-state index < -0.39 is 12.0 Å². The van der Waals surface area contributed by atoms with Crippen LogP contribution in [0.2, 0.25) is 0 Å². The molecule has 1 amide bonds. The van der Waals surface area contributed by atoms with Crippen molar-refractivity contribution < 1.29 is 23.9 Å². The molecule has 0 saturated carbocycles. The maximum Gasteiger partial charge on any atom is 0.258 e. The summed E-state index contributed by atoms with van der Waals surface area (Å²) in [6.07, 6.45) is -0.398. The number of aliphatic hydroxyl groups is 1. The van der Waals surface area contributed by atoms with Crippen molar-refractivity contribution >= 4 is 5.91 Å². The van der Waals surface area contributed by atoms with E-state index in [1.807, 2.05) is 52.8 Å². The van der Waals surface area contributed by atoms with Gasteiger partial charge in [-0.05, 0) is 70.4 Å². The number of carbonyl (C=O) groups is 1. The van der Waals surface area contributed by atoms with E-state index in [0.717, 1.165) is 27.9 Å². The van der Waals surface area contributed by atoms with Gasteiger partial charge in [-0.3, -0.25) is 4.79 Å². The largest absolute Gasteiger partial charge is 0.490 e. The number of hydrogen-bond donors (Lipinski definition) is 2. The van der Waals surface area contributed by atoms with Gasteiger partial charge in [0, 0.05) is 29.3 Å². The van der Waals surface area contributed by atoms with Gasteiger partial charge in [0.25, 0.3) is 5.89 Å². The lowest BCUT2D eigenvalue weighted by Crippen LogP contribution is -2.21. The molecule has 0 radical (unpaired) electrons. The molecule has 0 saturated heterocycles. The van der Waals surface area contributed by atoms with Gasteiger partial charge in [0.2, 0.25) is 17.6 Å². The van der Waals surface area contributed by atoms with Gasteiger partial charge >= 0.3 is 0 Å². The number of nitrogens with two attached hydrogens (primary N) is 1. The smallest absolute Gasteiger partial charge is 0.258 e. The fourth-order valence-corrected chi connectivity index (χ4v) is 3.40. The Morgan fingerprint density at radius 2 is 1.79 bits per heavy atom. The monoisotopic (exact) mass is 454 g/mol.